The highest BCUT2D eigenvalue weighted by atomic mass is 32.1. The zero-order valence-electron chi connectivity index (χ0n) is 7.49. The Morgan fingerprint density at radius 1 is 1.69 bits per heavy atom. The molecule has 0 aliphatic rings. The molecule has 3 nitrogen and oxygen atoms in total. The predicted molar refractivity (Wildman–Crippen MR) is 55.3 cm³/mol. The first-order valence-corrected chi connectivity index (χ1v) is 4.56. The monoisotopic (exact) mass is 196 g/mol. The molecule has 0 atom stereocenters. The number of allylic oxidation sites excluding steroid dienone is 2. The van der Waals surface area contributed by atoms with Crippen molar-refractivity contribution in [3.63, 3.8) is 0 Å². The van der Waals surface area contributed by atoms with Gasteiger partial charge in [-0.2, -0.15) is 0 Å². The van der Waals surface area contributed by atoms with Crippen molar-refractivity contribution in [2.45, 2.75) is 19.9 Å². The van der Waals surface area contributed by atoms with Crippen molar-refractivity contribution in [1.82, 2.24) is 9.55 Å². The van der Waals surface area contributed by atoms with Gasteiger partial charge in [-0.25, -0.2) is 0 Å². The van der Waals surface area contributed by atoms with Crippen LogP contribution in [0.5, 0.6) is 0 Å². The number of aryl methyl sites for hydroxylation is 1. The van der Waals surface area contributed by atoms with Crippen molar-refractivity contribution in [2.24, 2.45) is 0 Å². The van der Waals surface area contributed by atoms with Crippen LogP contribution in [0.1, 0.15) is 13.3 Å². The van der Waals surface area contributed by atoms with E-state index in [-0.39, 0.29) is 5.56 Å². The van der Waals surface area contributed by atoms with Gasteiger partial charge < -0.3 is 4.57 Å². The fourth-order valence-corrected chi connectivity index (χ4v) is 1.25. The van der Waals surface area contributed by atoms with Crippen LogP contribution >= 0.6 is 12.2 Å². The fraction of sp³-hybridized carbons (Fsp3) is 0.333. The molecule has 4 heteroatoms. The summed E-state index contributed by atoms with van der Waals surface area (Å²) < 4.78 is 2.33. The molecule has 0 amide bonds. The molecule has 1 N–H and O–H groups in total. The maximum Gasteiger partial charge on any atom is 0.251 e. The van der Waals surface area contributed by atoms with Crippen molar-refractivity contribution in [2.75, 3.05) is 0 Å². The molecule has 0 bridgehead atoms. The maximum absolute atomic E-state index is 10.8. The van der Waals surface area contributed by atoms with Crippen LogP contribution in [-0.2, 0) is 6.54 Å². The van der Waals surface area contributed by atoms with E-state index in [1.165, 1.54) is 6.07 Å². The Hall–Kier alpha value is -1.16. The highest BCUT2D eigenvalue weighted by Gasteiger charge is 1.90. The Kier molecular flexibility index (Phi) is 3.64. The second-order valence-corrected chi connectivity index (χ2v) is 3.05. The van der Waals surface area contributed by atoms with Gasteiger partial charge in [-0.05, 0) is 25.6 Å². The van der Waals surface area contributed by atoms with E-state index in [4.69, 9.17) is 12.2 Å². The highest BCUT2D eigenvalue weighted by Crippen LogP contribution is 1.91. The van der Waals surface area contributed by atoms with Gasteiger partial charge in [0.15, 0.2) is 4.77 Å². The molecule has 0 aliphatic heterocycles. The Balaban J connectivity index is 2.78. The Labute approximate surface area is 81.7 Å². The van der Waals surface area contributed by atoms with Crippen molar-refractivity contribution < 1.29 is 0 Å². The average molecular weight is 196 g/mol. The minimum absolute atomic E-state index is 0.146. The molecule has 1 aromatic heterocycles. The number of hydrogen-bond donors (Lipinski definition) is 1. The summed E-state index contributed by atoms with van der Waals surface area (Å²) >= 11 is 4.97. The number of nitrogens with one attached hydrogen (secondary N) is 1. The largest absolute Gasteiger partial charge is 0.325 e. The van der Waals surface area contributed by atoms with Crippen molar-refractivity contribution in [3.05, 3.63) is 39.5 Å². The first-order valence-electron chi connectivity index (χ1n) is 4.15. The molecule has 0 spiro atoms. The fourth-order valence-electron chi connectivity index (χ4n) is 1.00. The average Bonchev–Trinajstić information content (AvgIpc) is 2.09. The van der Waals surface area contributed by atoms with E-state index >= 15 is 0 Å². The number of aromatic amines is 1. The smallest absolute Gasteiger partial charge is 0.251 e. The summed E-state index contributed by atoms with van der Waals surface area (Å²) in [7, 11) is 0. The van der Waals surface area contributed by atoms with E-state index in [9.17, 15) is 4.79 Å². The minimum Gasteiger partial charge on any atom is -0.325 e. The van der Waals surface area contributed by atoms with Crippen LogP contribution in [0.25, 0.3) is 0 Å². The molecule has 0 radical (unpaired) electrons. The molecule has 0 saturated heterocycles. The third-order valence-corrected chi connectivity index (χ3v) is 2.01. The molecule has 70 valence electrons. The van der Waals surface area contributed by atoms with Gasteiger partial charge in [-0.15, -0.1) is 0 Å². The number of hydrogen-bond acceptors (Lipinski definition) is 2. The van der Waals surface area contributed by atoms with Gasteiger partial charge in [-0.1, -0.05) is 12.2 Å². The standard InChI is InChI=1S/C9H12N2OS/c1-2-3-4-6-11-7-5-8(12)10-9(11)13/h2-3,5,7H,4,6H2,1H3,(H,10,12,13)/b3-2+. The summed E-state index contributed by atoms with van der Waals surface area (Å²) in [5.74, 6) is 0. The first-order chi connectivity index (χ1) is 6.24. The lowest BCUT2D eigenvalue weighted by Crippen LogP contribution is -2.10. The first kappa shape index (κ1) is 9.92. The van der Waals surface area contributed by atoms with Gasteiger partial charge in [0.2, 0.25) is 0 Å². The van der Waals surface area contributed by atoms with Crippen LogP contribution in [0.2, 0.25) is 0 Å². The van der Waals surface area contributed by atoms with Gasteiger partial charge in [0.1, 0.15) is 0 Å². The van der Waals surface area contributed by atoms with Gasteiger partial charge >= 0.3 is 0 Å². The zero-order chi connectivity index (χ0) is 9.68. The minimum atomic E-state index is -0.146. The second kappa shape index (κ2) is 4.77. The summed E-state index contributed by atoms with van der Waals surface area (Å²) in [6.45, 7) is 2.78. The number of nitrogens with zero attached hydrogens (tertiary/aromatic N) is 1. The van der Waals surface area contributed by atoms with Crippen LogP contribution in [0.15, 0.2) is 29.2 Å². The lowest BCUT2D eigenvalue weighted by molar-refractivity contribution is 0.673. The Morgan fingerprint density at radius 2 is 2.46 bits per heavy atom. The molecule has 1 heterocycles. The van der Waals surface area contributed by atoms with E-state index in [2.05, 4.69) is 11.1 Å². The molecule has 0 unspecified atom stereocenters. The molecule has 1 rings (SSSR count). The molecule has 0 fully saturated rings. The van der Waals surface area contributed by atoms with Crippen molar-refractivity contribution >= 4 is 12.2 Å². The second-order valence-electron chi connectivity index (χ2n) is 2.66. The number of rotatable bonds is 3. The van der Waals surface area contributed by atoms with Gasteiger partial charge in [0.25, 0.3) is 5.56 Å². The highest BCUT2D eigenvalue weighted by molar-refractivity contribution is 7.71. The van der Waals surface area contributed by atoms with Gasteiger partial charge in [-0.3, -0.25) is 9.78 Å². The van der Waals surface area contributed by atoms with Crippen molar-refractivity contribution in [1.29, 1.82) is 0 Å². The van der Waals surface area contributed by atoms with Crippen LogP contribution in [0.3, 0.4) is 0 Å². The molecule has 13 heavy (non-hydrogen) atoms. The number of H-pyrrole nitrogens is 1. The Bertz CT molecular complexity index is 403. The van der Waals surface area contributed by atoms with Crippen molar-refractivity contribution in [3.8, 4) is 0 Å². The van der Waals surface area contributed by atoms with Crippen LogP contribution in [0.4, 0.5) is 0 Å². The maximum atomic E-state index is 10.8. The normalized spacial score (nSPS) is 10.8. The number of aromatic nitrogens is 2. The van der Waals surface area contributed by atoms with Gasteiger partial charge in [0.05, 0.1) is 0 Å². The molecule has 0 aliphatic carbocycles. The lowest BCUT2D eigenvalue weighted by atomic mass is 10.4. The third-order valence-electron chi connectivity index (χ3n) is 1.67. The molecular formula is C9H12N2OS. The van der Waals surface area contributed by atoms with Crippen LogP contribution in [-0.4, -0.2) is 9.55 Å². The third kappa shape index (κ3) is 2.99. The summed E-state index contributed by atoms with van der Waals surface area (Å²) in [5.41, 5.74) is -0.146. The van der Waals surface area contributed by atoms with E-state index in [1.807, 2.05) is 17.6 Å². The summed E-state index contributed by atoms with van der Waals surface area (Å²) in [6.07, 6.45) is 6.70. The lowest BCUT2D eigenvalue weighted by Gasteiger charge is -2.02. The molecule has 0 saturated carbocycles. The predicted octanol–water partition coefficient (Wildman–Crippen LogP) is 1.87. The zero-order valence-corrected chi connectivity index (χ0v) is 8.30. The van der Waals surface area contributed by atoms with Crippen LogP contribution < -0.4 is 5.56 Å². The van der Waals surface area contributed by atoms with Crippen LogP contribution in [0, 0.1) is 4.77 Å². The quantitative estimate of drug-likeness (QED) is 0.592. The van der Waals surface area contributed by atoms with E-state index in [0.717, 1.165) is 13.0 Å². The summed E-state index contributed by atoms with van der Waals surface area (Å²) in [6, 6.07) is 1.48. The summed E-state index contributed by atoms with van der Waals surface area (Å²) in [5, 5.41) is 0. The van der Waals surface area contributed by atoms with Gasteiger partial charge in [0, 0.05) is 18.8 Å². The molecular weight excluding hydrogens is 184 g/mol. The molecule has 1 aromatic rings. The van der Waals surface area contributed by atoms with E-state index in [0.29, 0.717) is 4.77 Å². The Morgan fingerprint density at radius 3 is 3.08 bits per heavy atom. The van der Waals surface area contributed by atoms with E-state index in [1.54, 1.807) is 6.20 Å². The summed E-state index contributed by atoms with van der Waals surface area (Å²) in [4.78, 5) is 13.4. The SMILES string of the molecule is C/C=C/CCn1ccc(=O)[nH]c1=S. The van der Waals surface area contributed by atoms with E-state index < -0.39 is 0 Å². The molecule has 0 aromatic carbocycles. The topological polar surface area (TPSA) is 37.8 Å².